The molecular formula is C58H90O6. The number of carbonyl (C=O) groups is 3. The van der Waals surface area contributed by atoms with Crippen molar-refractivity contribution in [2.75, 3.05) is 13.2 Å². The molecule has 0 saturated heterocycles. The SMILES string of the molecule is CC\C=C/C=C\C=C/C=C\C=C\C=C/CCCCCC(=O)OCC(COC(=O)CCCCCCC/C=C\C/C=C\CC)OC(=O)CCC/C=C\C/C=C\C/C=C\CCCCCCCC. The average Bonchev–Trinajstić information content (AvgIpc) is 3.29. The van der Waals surface area contributed by atoms with Gasteiger partial charge in [-0.2, -0.15) is 0 Å². The zero-order valence-electron chi connectivity index (χ0n) is 40.7. The van der Waals surface area contributed by atoms with Crippen molar-refractivity contribution in [1.82, 2.24) is 0 Å². The van der Waals surface area contributed by atoms with E-state index in [9.17, 15) is 14.4 Å². The van der Waals surface area contributed by atoms with Crippen molar-refractivity contribution < 1.29 is 28.6 Å². The van der Waals surface area contributed by atoms with E-state index in [2.05, 4.69) is 93.7 Å². The summed E-state index contributed by atoms with van der Waals surface area (Å²) in [7, 11) is 0. The minimum Gasteiger partial charge on any atom is -0.462 e. The molecule has 358 valence electrons. The first-order valence-electron chi connectivity index (χ1n) is 25.3. The second-order valence-electron chi connectivity index (χ2n) is 16.1. The standard InChI is InChI=1S/C58H90O6/c1-4-7-10-13-16-19-22-25-27-29-31-33-36-39-42-45-48-51-57(60)63-54-55(53-62-56(59)50-47-44-41-38-35-24-21-18-15-12-9-6-3)64-58(61)52-49-46-43-40-37-34-32-30-28-26-23-20-17-14-11-8-5-2/h7,9-10,12-13,16,18-19,21-22,25-29,31-34,36,40,43,55H,4-6,8,11,14-15,17,20,23-24,30,35,37-39,41-42,44-54H2,1-3H3/b10-7-,12-9-,16-13-,21-18-,22-19-,27-25-,28-26-,31-29+,34-32-,36-33-,43-40-. The molecule has 0 aromatic heterocycles. The summed E-state index contributed by atoms with van der Waals surface area (Å²) in [5, 5.41) is 0. The number of allylic oxidation sites excluding steroid dienone is 22. The monoisotopic (exact) mass is 883 g/mol. The number of rotatable bonds is 43. The lowest BCUT2D eigenvalue weighted by molar-refractivity contribution is -0.167. The van der Waals surface area contributed by atoms with Gasteiger partial charge in [-0.25, -0.2) is 0 Å². The van der Waals surface area contributed by atoms with E-state index in [-0.39, 0.29) is 44.0 Å². The zero-order chi connectivity index (χ0) is 46.5. The maximum Gasteiger partial charge on any atom is 0.306 e. The van der Waals surface area contributed by atoms with Gasteiger partial charge in [-0.1, -0.05) is 212 Å². The zero-order valence-corrected chi connectivity index (χ0v) is 40.7. The van der Waals surface area contributed by atoms with E-state index in [0.29, 0.717) is 19.3 Å². The molecule has 1 unspecified atom stereocenters. The van der Waals surface area contributed by atoms with E-state index in [0.717, 1.165) is 96.3 Å². The van der Waals surface area contributed by atoms with Crippen molar-refractivity contribution >= 4 is 17.9 Å². The van der Waals surface area contributed by atoms with Gasteiger partial charge in [-0.15, -0.1) is 0 Å². The first kappa shape index (κ1) is 59.5. The Morgan fingerprint density at radius 2 is 0.703 bits per heavy atom. The Kier molecular flexibility index (Phi) is 47.6. The van der Waals surface area contributed by atoms with Crippen LogP contribution in [0, 0.1) is 0 Å². The number of unbranched alkanes of at least 4 members (excludes halogenated alkanes) is 15. The van der Waals surface area contributed by atoms with Crippen LogP contribution in [0.3, 0.4) is 0 Å². The number of ether oxygens (including phenoxy) is 3. The summed E-state index contributed by atoms with van der Waals surface area (Å²) < 4.78 is 16.7. The van der Waals surface area contributed by atoms with Crippen LogP contribution in [0.15, 0.2) is 134 Å². The van der Waals surface area contributed by atoms with Gasteiger partial charge in [0.2, 0.25) is 0 Å². The van der Waals surface area contributed by atoms with Gasteiger partial charge in [0.05, 0.1) is 0 Å². The molecule has 0 spiro atoms. The van der Waals surface area contributed by atoms with E-state index in [1.165, 1.54) is 44.9 Å². The van der Waals surface area contributed by atoms with E-state index in [1.807, 2.05) is 60.8 Å². The molecule has 0 heterocycles. The molecule has 0 aliphatic heterocycles. The maximum atomic E-state index is 12.8. The molecule has 0 radical (unpaired) electrons. The van der Waals surface area contributed by atoms with E-state index < -0.39 is 6.10 Å². The van der Waals surface area contributed by atoms with Gasteiger partial charge in [0.15, 0.2) is 6.10 Å². The van der Waals surface area contributed by atoms with Crippen LogP contribution in [0.5, 0.6) is 0 Å². The Labute approximate surface area is 392 Å². The Balaban J connectivity index is 4.60. The summed E-state index contributed by atoms with van der Waals surface area (Å²) in [4.78, 5) is 37.9. The van der Waals surface area contributed by atoms with Crippen LogP contribution in [0.25, 0.3) is 0 Å². The molecule has 64 heavy (non-hydrogen) atoms. The van der Waals surface area contributed by atoms with Crippen molar-refractivity contribution in [1.29, 1.82) is 0 Å². The van der Waals surface area contributed by atoms with Gasteiger partial charge in [-0.3, -0.25) is 14.4 Å². The van der Waals surface area contributed by atoms with Gasteiger partial charge in [0.1, 0.15) is 13.2 Å². The molecule has 1 atom stereocenters. The first-order valence-corrected chi connectivity index (χ1v) is 25.3. The number of hydrogen-bond acceptors (Lipinski definition) is 6. The quantitative estimate of drug-likeness (QED) is 0.0200. The third-order valence-electron chi connectivity index (χ3n) is 10.0. The molecule has 6 nitrogen and oxygen atoms in total. The summed E-state index contributed by atoms with van der Waals surface area (Å²) >= 11 is 0. The second kappa shape index (κ2) is 51.2. The Morgan fingerprint density at radius 3 is 1.20 bits per heavy atom. The lowest BCUT2D eigenvalue weighted by Gasteiger charge is -2.18. The predicted octanol–water partition coefficient (Wildman–Crippen LogP) is 16.7. The normalized spacial score (nSPS) is 13.2. The molecule has 0 fully saturated rings. The highest BCUT2D eigenvalue weighted by Gasteiger charge is 2.19. The maximum absolute atomic E-state index is 12.8. The number of carbonyl (C=O) groups excluding carboxylic acids is 3. The van der Waals surface area contributed by atoms with Crippen molar-refractivity contribution in [3.8, 4) is 0 Å². The third-order valence-corrected chi connectivity index (χ3v) is 10.0. The summed E-state index contributed by atoms with van der Waals surface area (Å²) in [6.45, 7) is 6.25. The molecule has 0 aliphatic carbocycles. The molecule has 0 aliphatic rings. The summed E-state index contributed by atoms with van der Waals surface area (Å²) in [5.74, 6) is -1.05. The molecular weight excluding hydrogens is 793 g/mol. The van der Waals surface area contributed by atoms with Crippen LogP contribution in [-0.4, -0.2) is 37.2 Å². The van der Waals surface area contributed by atoms with Gasteiger partial charge >= 0.3 is 17.9 Å². The molecule has 0 saturated carbocycles. The van der Waals surface area contributed by atoms with E-state index in [1.54, 1.807) is 0 Å². The van der Waals surface area contributed by atoms with E-state index in [4.69, 9.17) is 14.2 Å². The topological polar surface area (TPSA) is 78.9 Å². The Hall–Kier alpha value is -4.45. The van der Waals surface area contributed by atoms with Gasteiger partial charge in [-0.05, 0) is 96.3 Å². The Morgan fingerprint density at radius 1 is 0.344 bits per heavy atom. The van der Waals surface area contributed by atoms with Crippen molar-refractivity contribution in [2.45, 2.75) is 200 Å². The third kappa shape index (κ3) is 48.6. The van der Waals surface area contributed by atoms with Crippen LogP contribution < -0.4 is 0 Å². The lowest BCUT2D eigenvalue weighted by Crippen LogP contribution is -2.30. The number of hydrogen-bond donors (Lipinski definition) is 0. The highest BCUT2D eigenvalue weighted by Crippen LogP contribution is 2.12. The van der Waals surface area contributed by atoms with Gasteiger partial charge in [0, 0.05) is 19.3 Å². The molecule has 0 N–H and O–H groups in total. The largest absolute Gasteiger partial charge is 0.462 e. The van der Waals surface area contributed by atoms with Crippen LogP contribution in [0.2, 0.25) is 0 Å². The first-order chi connectivity index (χ1) is 31.5. The smallest absolute Gasteiger partial charge is 0.306 e. The molecule has 0 aromatic carbocycles. The molecule has 0 bridgehead atoms. The summed E-state index contributed by atoms with van der Waals surface area (Å²) in [5.41, 5.74) is 0. The van der Waals surface area contributed by atoms with Crippen molar-refractivity contribution in [3.05, 3.63) is 134 Å². The fourth-order valence-electron chi connectivity index (χ4n) is 6.29. The molecule has 0 aromatic rings. The van der Waals surface area contributed by atoms with Crippen molar-refractivity contribution in [2.24, 2.45) is 0 Å². The van der Waals surface area contributed by atoms with Crippen LogP contribution in [0.4, 0.5) is 0 Å². The van der Waals surface area contributed by atoms with Crippen molar-refractivity contribution in [3.63, 3.8) is 0 Å². The summed E-state index contributed by atoms with van der Waals surface area (Å²) in [6.07, 6.45) is 71.5. The molecule has 0 rings (SSSR count). The van der Waals surface area contributed by atoms with Crippen LogP contribution in [-0.2, 0) is 28.6 Å². The highest BCUT2D eigenvalue weighted by atomic mass is 16.6. The molecule has 0 amide bonds. The predicted molar refractivity (Wildman–Crippen MR) is 274 cm³/mol. The fraction of sp³-hybridized carbons (Fsp3) is 0.569. The summed E-state index contributed by atoms with van der Waals surface area (Å²) in [6, 6.07) is 0. The average molecular weight is 883 g/mol. The van der Waals surface area contributed by atoms with Gasteiger partial charge in [0.25, 0.3) is 0 Å². The van der Waals surface area contributed by atoms with Gasteiger partial charge < -0.3 is 14.2 Å². The van der Waals surface area contributed by atoms with Crippen LogP contribution in [0.1, 0.15) is 194 Å². The fourth-order valence-corrected chi connectivity index (χ4v) is 6.29. The molecule has 6 heteroatoms. The van der Waals surface area contributed by atoms with Crippen LogP contribution >= 0.6 is 0 Å². The lowest BCUT2D eigenvalue weighted by atomic mass is 10.1. The minimum absolute atomic E-state index is 0.125. The highest BCUT2D eigenvalue weighted by molar-refractivity contribution is 5.71. The minimum atomic E-state index is -0.833. The Bertz CT molecular complexity index is 1430. The number of esters is 3. The van der Waals surface area contributed by atoms with E-state index >= 15 is 0 Å². The second-order valence-corrected chi connectivity index (χ2v) is 16.1.